The predicted octanol–water partition coefficient (Wildman–Crippen LogP) is 6.04. The topological polar surface area (TPSA) is 40.1 Å². The molecule has 0 aliphatic heterocycles. The first-order valence-electron chi connectivity index (χ1n) is 10.7. The molecule has 0 bridgehead atoms. The molecule has 2 aliphatic carbocycles. The second-order valence-corrected chi connectivity index (χ2v) is 11.6. The van der Waals surface area contributed by atoms with Crippen molar-refractivity contribution in [3.8, 4) is 0 Å². The van der Waals surface area contributed by atoms with Gasteiger partial charge in [-0.2, -0.15) is 0 Å². The van der Waals surface area contributed by atoms with Crippen LogP contribution >= 0.6 is 0 Å². The Morgan fingerprint density at radius 2 is 1.20 bits per heavy atom. The minimum Gasteiger partial charge on any atom is -0.772 e. The van der Waals surface area contributed by atoms with E-state index in [9.17, 15) is 8.76 Å². The van der Waals surface area contributed by atoms with Gasteiger partial charge < -0.3 is 4.55 Å². The molecular weight excluding hydrogens is 328 g/mol. The molecule has 2 fully saturated rings. The smallest absolute Gasteiger partial charge is 0.0361 e. The van der Waals surface area contributed by atoms with Crippen LogP contribution in [-0.4, -0.2) is 13.5 Å². The summed E-state index contributed by atoms with van der Waals surface area (Å²) in [6.07, 6.45) is 7.09. The van der Waals surface area contributed by atoms with E-state index in [0.717, 1.165) is 12.8 Å². The summed E-state index contributed by atoms with van der Waals surface area (Å²) >= 11 is -2.02. The third-order valence-electron chi connectivity index (χ3n) is 7.88. The summed E-state index contributed by atoms with van der Waals surface area (Å²) in [6.45, 7) is 15.9. The summed E-state index contributed by atoms with van der Waals surface area (Å²) in [5, 5.41) is 0. The Labute approximate surface area is 159 Å². The van der Waals surface area contributed by atoms with Crippen molar-refractivity contribution < 1.29 is 8.76 Å². The van der Waals surface area contributed by atoms with Gasteiger partial charge in [0, 0.05) is 4.75 Å². The number of rotatable bonds is 5. The van der Waals surface area contributed by atoms with Crippen LogP contribution in [0.2, 0.25) is 0 Å². The zero-order valence-electron chi connectivity index (χ0n) is 17.6. The van der Waals surface area contributed by atoms with Gasteiger partial charge in [0.1, 0.15) is 0 Å². The maximum absolute atomic E-state index is 12.8. The fourth-order valence-corrected chi connectivity index (χ4v) is 7.28. The Balaban J connectivity index is 2.45. The third-order valence-corrected chi connectivity index (χ3v) is 9.20. The van der Waals surface area contributed by atoms with Crippen LogP contribution in [0.25, 0.3) is 0 Å². The molecule has 2 nitrogen and oxygen atoms in total. The Bertz CT molecular complexity index is 427. The van der Waals surface area contributed by atoms with Gasteiger partial charge in [-0.1, -0.05) is 54.4 Å². The molecule has 0 aromatic heterocycles. The molecular formula is C22H41O2S-. The molecule has 2 saturated carbocycles. The Hall–Kier alpha value is 0.110. The molecule has 7 unspecified atom stereocenters. The molecule has 3 heteroatoms. The average molecular weight is 370 g/mol. The van der Waals surface area contributed by atoms with E-state index in [1.54, 1.807) is 0 Å². The van der Waals surface area contributed by atoms with Gasteiger partial charge >= 0.3 is 0 Å². The first-order valence-corrected chi connectivity index (χ1v) is 11.8. The maximum Gasteiger partial charge on any atom is 0.0361 e. The third kappa shape index (κ3) is 4.34. The van der Waals surface area contributed by atoms with Crippen LogP contribution in [0.1, 0.15) is 87.0 Å². The van der Waals surface area contributed by atoms with E-state index in [1.807, 2.05) is 0 Å². The van der Waals surface area contributed by atoms with E-state index in [2.05, 4.69) is 48.5 Å². The van der Waals surface area contributed by atoms with Gasteiger partial charge in [0.25, 0.3) is 0 Å². The molecule has 25 heavy (non-hydrogen) atoms. The lowest BCUT2D eigenvalue weighted by Gasteiger charge is -2.56. The molecule has 2 aliphatic rings. The van der Waals surface area contributed by atoms with E-state index < -0.39 is 15.8 Å². The van der Waals surface area contributed by atoms with Crippen LogP contribution in [0, 0.1) is 47.3 Å². The predicted molar refractivity (Wildman–Crippen MR) is 107 cm³/mol. The fraction of sp³-hybridized carbons (Fsp3) is 1.00. The van der Waals surface area contributed by atoms with Gasteiger partial charge in [0.2, 0.25) is 0 Å². The van der Waals surface area contributed by atoms with Gasteiger partial charge in [-0.05, 0) is 91.0 Å². The zero-order valence-corrected chi connectivity index (χ0v) is 18.4. The normalized spacial score (nSPS) is 40.9. The van der Waals surface area contributed by atoms with Crippen LogP contribution in [0.15, 0.2) is 0 Å². The Morgan fingerprint density at radius 1 is 0.840 bits per heavy atom. The summed E-state index contributed by atoms with van der Waals surface area (Å²) in [4.78, 5) is 0. The number of hydrogen-bond donors (Lipinski definition) is 0. The highest BCUT2D eigenvalue weighted by molar-refractivity contribution is 7.80. The van der Waals surface area contributed by atoms with Crippen LogP contribution in [-0.2, 0) is 11.1 Å². The van der Waals surface area contributed by atoms with Crippen molar-refractivity contribution >= 4 is 11.1 Å². The Kier molecular flexibility index (Phi) is 7.21. The maximum atomic E-state index is 12.8. The summed E-state index contributed by atoms with van der Waals surface area (Å²) in [5.41, 5.74) is 0. The monoisotopic (exact) mass is 369 g/mol. The molecule has 0 spiro atoms. The largest absolute Gasteiger partial charge is 0.772 e. The van der Waals surface area contributed by atoms with Gasteiger partial charge in [-0.25, -0.2) is 0 Å². The lowest BCUT2D eigenvalue weighted by atomic mass is 9.57. The molecule has 0 heterocycles. The second kappa shape index (κ2) is 8.42. The molecule has 0 N–H and O–H groups in total. The average Bonchev–Trinajstić information content (AvgIpc) is 2.53. The standard InChI is InChI=1S/C22H42O2S/c1-14(2)18-10-8-16(5)12-20(18)22(7,25(23)24)21-13-17(6)9-11-19(21)15(3)4/h14-21H,8-13H2,1-7H3,(H,23,24)/p-1. The van der Waals surface area contributed by atoms with Crippen molar-refractivity contribution in [2.75, 3.05) is 0 Å². The minimum atomic E-state index is -2.02. The fourth-order valence-electron chi connectivity index (χ4n) is 6.24. The SMILES string of the molecule is CC1CCC(C(C)C)C(C(C)(C2CC(C)CCC2C(C)C)S(=O)[O-])C1. The van der Waals surface area contributed by atoms with E-state index in [1.165, 1.54) is 25.7 Å². The van der Waals surface area contributed by atoms with Crippen LogP contribution < -0.4 is 0 Å². The molecule has 7 atom stereocenters. The van der Waals surface area contributed by atoms with Gasteiger partial charge in [-0.15, -0.1) is 0 Å². The molecule has 148 valence electrons. The summed E-state index contributed by atoms with van der Waals surface area (Å²) in [6, 6.07) is 0. The molecule has 0 aromatic rings. The van der Waals surface area contributed by atoms with Crippen molar-refractivity contribution in [1.29, 1.82) is 0 Å². The molecule has 0 aromatic carbocycles. The molecule has 0 radical (unpaired) electrons. The van der Waals surface area contributed by atoms with Crippen LogP contribution in [0.5, 0.6) is 0 Å². The van der Waals surface area contributed by atoms with Gasteiger partial charge in [0.15, 0.2) is 0 Å². The quantitative estimate of drug-likeness (QED) is 0.554. The summed E-state index contributed by atoms with van der Waals surface area (Å²) in [7, 11) is 0. The molecule has 2 rings (SSSR count). The van der Waals surface area contributed by atoms with E-state index in [4.69, 9.17) is 0 Å². The van der Waals surface area contributed by atoms with Gasteiger partial charge in [0.05, 0.1) is 0 Å². The zero-order chi connectivity index (χ0) is 18.9. The minimum absolute atomic E-state index is 0.311. The molecule has 0 saturated heterocycles. The lowest BCUT2D eigenvalue weighted by molar-refractivity contribution is 0.0292. The number of hydrogen-bond acceptors (Lipinski definition) is 2. The van der Waals surface area contributed by atoms with Crippen molar-refractivity contribution in [3.63, 3.8) is 0 Å². The Morgan fingerprint density at radius 3 is 1.48 bits per heavy atom. The van der Waals surface area contributed by atoms with E-state index in [0.29, 0.717) is 47.3 Å². The first kappa shape index (κ1) is 21.4. The van der Waals surface area contributed by atoms with Gasteiger partial charge in [-0.3, -0.25) is 4.21 Å². The van der Waals surface area contributed by atoms with Crippen LogP contribution in [0.4, 0.5) is 0 Å². The highest BCUT2D eigenvalue weighted by atomic mass is 32.2. The lowest BCUT2D eigenvalue weighted by Crippen LogP contribution is -2.55. The van der Waals surface area contributed by atoms with Crippen molar-refractivity contribution in [3.05, 3.63) is 0 Å². The summed E-state index contributed by atoms with van der Waals surface area (Å²) < 4.78 is 25.0. The van der Waals surface area contributed by atoms with E-state index in [-0.39, 0.29) is 0 Å². The van der Waals surface area contributed by atoms with Crippen molar-refractivity contribution in [2.24, 2.45) is 47.3 Å². The molecule has 0 amide bonds. The highest BCUT2D eigenvalue weighted by Gasteiger charge is 2.51. The van der Waals surface area contributed by atoms with Crippen LogP contribution in [0.3, 0.4) is 0 Å². The second-order valence-electron chi connectivity index (χ2n) is 10.3. The summed E-state index contributed by atoms with van der Waals surface area (Å²) in [5.74, 6) is 4.16. The first-order chi connectivity index (χ1) is 11.6. The van der Waals surface area contributed by atoms with Crippen molar-refractivity contribution in [1.82, 2.24) is 0 Å². The van der Waals surface area contributed by atoms with E-state index >= 15 is 0 Å². The highest BCUT2D eigenvalue weighted by Crippen LogP contribution is 2.54. The van der Waals surface area contributed by atoms with Crippen molar-refractivity contribution in [2.45, 2.75) is 91.7 Å².